The number of hydrogen-bond donors (Lipinski definition) is 3. The predicted molar refractivity (Wildman–Crippen MR) is 90.0 cm³/mol. The molecule has 0 spiro atoms. The van der Waals surface area contributed by atoms with Crippen LogP contribution in [-0.4, -0.2) is 37.6 Å². The number of rotatable bonds is 9. The van der Waals surface area contributed by atoms with Crippen LogP contribution < -0.4 is 16.4 Å². The number of methoxy groups -OCH3 is 1. The topological polar surface area (TPSA) is 93.5 Å². The van der Waals surface area contributed by atoms with Crippen LogP contribution in [-0.2, 0) is 16.1 Å². The van der Waals surface area contributed by atoms with E-state index >= 15 is 0 Å². The Hall–Kier alpha value is -1.92. The summed E-state index contributed by atoms with van der Waals surface area (Å²) >= 11 is 0. The van der Waals surface area contributed by atoms with Gasteiger partial charge in [-0.25, -0.2) is 0 Å². The molecule has 2 amide bonds. The van der Waals surface area contributed by atoms with Gasteiger partial charge in [-0.1, -0.05) is 19.1 Å². The van der Waals surface area contributed by atoms with Crippen molar-refractivity contribution in [3.63, 3.8) is 0 Å². The van der Waals surface area contributed by atoms with Gasteiger partial charge in [0.15, 0.2) is 0 Å². The van der Waals surface area contributed by atoms with Gasteiger partial charge in [-0.05, 0) is 31.0 Å². The normalized spacial score (nSPS) is 13.2. The maximum Gasteiger partial charge on any atom is 0.251 e. The van der Waals surface area contributed by atoms with Gasteiger partial charge in [-0.3, -0.25) is 9.59 Å². The van der Waals surface area contributed by atoms with Crippen molar-refractivity contribution in [2.75, 3.05) is 13.7 Å². The highest BCUT2D eigenvalue weighted by Gasteiger charge is 2.12. The minimum atomic E-state index is -0.275. The van der Waals surface area contributed by atoms with E-state index in [0.29, 0.717) is 18.7 Å². The number of nitrogens with one attached hydrogen (secondary N) is 2. The van der Waals surface area contributed by atoms with Crippen LogP contribution in [0, 0.1) is 0 Å². The lowest BCUT2D eigenvalue weighted by molar-refractivity contribution is -0.123. The molecule has 0 aliphatic heterocycles. The standard InChI is InChI=1S/C17H27N3O3/c1-4-12(2)20-17(22)14-7-5-6-13(8-14)11-19-16(21)9-15(10-18)23-3/h5-8,12,15H,4,9-11,18H2,1-3H3,(H,19,21)(H,20,22). The van der Waals surface area contributed by atoms with Crippen LogP contribution in [0.2, 0.25) is 0 Å². The van der Waals surface area contributed by atoms with Crippen molar-refractivity contribution in [1.29, 1.82) is 0 Å². The summed E-state index contributed by atoms with van der Waals surface area (Å²) < 4.78 is 5.08. The highest BCUT2D eigenvalue weighted by Crippen LogP contribution is 2.06. The first-order valence-corrected chi connectivity index (χ1v) is 7.89. The Morgan fingerprint density at radius 2 is 2.09 bits per heavy atom. The van der Waals surface area contributed by atoms with Gasteiger partial charge in [-0.2, -0.15) is 0 Å². The van der Waals surface area contributed by atoms with Crippen molar-refractivity contribution in [2.45, 2.75) is 45.4 Å². The van der Waals surface area contributed by atoms with Crippen LogP contribution in [0.15, 0.2) is 24.3 Å². The molecule has 0 saturated heterocycles. The molecule has 0 aliphatic carbocycles. The van der Waals surface area contributed by atoms with Gasteiger partial charge in [0.1, 0.15) is 0 Å². The number of ether oxygens (including phenoxy) is 1. The van der Waals surface area contributed by atoms with E-state index in [1.165, 1.54) is 7.11 Å². The van der Waals surface area contributed by atoms with Gasteiger partial charge in [0, 0.05) is 31.8 Å². The lowest BCUT2D eigenvalue weighted by atomic mass is 10.1. The van der Waals surface area contributed by atoms with Crippen LogP contribution in [0.1, 0.15) is 42.6 Å². The zero-order valence-corrected chi connectivity index (χ0v) is 14.1. The molecule has 1 aromatic rings. The Kier molecular flexibility index (Phi) is 8.29. The highest BCUT2D eigenvalue weighted by atomic mass is 16.5. The Morgan fingerprint density at radius 1 is 1.35 bits per heavy atom. The van der Waals surface area contributed by atoms with Gasteiger partial charge in [0.2, 0.25) is 5.91 Å². The fraction of sp³-hybridized carbons (Fsp3) is 0.529. The Balaban J connectivity index is 2.57. The molecule has 6 heteroatoms. The van der Waals surface area contributed by atoms with Crippen LogP contribution in [0.5, 0.6) is 0 Å². The molecule has 23 heavy (non-hydrogen) atoms. The number of carbonyl (C=O) groups excluding carboxylic acids is 2. The molecule has 0 aliphatic rings. The molecule has 0 radical (unpaired) electrons. The number of nitrogens with two attached hydrogens (primary N) is 1. The summed E-state index contributed by atoms with van der Waals surface area (Å²) in [6, 6.07) is 7.36. The van der Waals surface area contributed by atoms with Gasteiger partial charge < -0.3 is 21.1 Å². The zero-order chi connectivity index (χ0) is 17.2. The fourth-order valence-electron chi connectivity index (χ4n) is 1.97. The molecule has 2 atom stereocenters. The van der Waals surface area contributed by atoms with Gasteiger partial charge >= 0.3 is 0 Å². The third kappa shape index (κ3) is 6.80. The average Bonchev–Trinajstić information content (AvgIpc) is 2.57. The molecule has 0 bridgehead atoms. The van der Waals surface area contributed by atoms with Crippen LogP contribution in [0.25, 0.3) is 0 Å². The van der Waals surface area contributed by atoms with Crippen molar-refractivity contribution in [3.05, 3.63) is 35.4 Å². The van der Waals surface area contributed by atoms with E-state index < -0.39 is 0 Å². The number of carbonyl (C=O) groups is 2. The van der Waals surface area contributed by atoms with Crippen molar-refractivity contribution < 1.29 is 14.3 Å². The molecule has 128 valence electrons. The van der Waals surface area contributed by atoms with Gasteiger partial charge in [0.25, 0.3) is 5.91 Å². The second kappa shape index (κ2) is 9.97. The first-order chi connectivity index (χ1) is 11.0. The number of hydrogen-bond acceptors (Lipinski definition) is 4. The van der Waals surface area contributed by atoms with E-state index in [1.807, 2.05) is 26.0 Å². The predicted octanol–water partition coefficient (Wildman–Crippen LogP) is 1.19. The van der Waals surface area contributed by atoms with E-state index in [2.05, 4.69) is 10.6 Å². The molecule has 1 aromatic carbocycles. The second-order valence-corrected chi connectivity index (χ2v) is 5.56. The van der Waals surface area contributed by atoms with Crippen LogP contribution >= 0.6 is 0 Å². The van der Waals surface area contributed by atoms with E-state index in [1.54, 1.807) is 12.1 Å². The van der Waals surface area contributed by atoms with Gasteiger partial charge in [0.05, 0.1) is 12.5 Å². The summed E-state index contributed by atoms with van der Waals surface area (Å²) in [6.45, 7) is 4.65. The quantitative estimate of drug-likeness (QED) is 0.637. The molecule has 1 rings (SSSR count). The zero-order valence-electron chi connectivity index (χ0n) is 14.1. The Labute approximate surface area is 137 Å². The van der Waals surface area contributed by atoms with Crippen LogP contribution in [0.3, 0.4) is 0 Å². The maximum absolute atomic E-state index is 12.1. The fourth-order valence-corrected chi connectivity index (χ4v) is 1.97. The summed E-state index contributed by atoms with van der Waals surface area (Å²) in [5.41, 5.74) is 6.96. The molecule has 0 heterocycles. The first kappa shape index (κ1) is 19.1. The van der Waals surface area contributed by atoms with E-state index in [9.17, 15) is 9.59 Å². The summed E-state index contributed by atoms with van der Waals surface area (Å²) in [7, 11) is 1.53. The monoisotopic (exact) mass is 321 g/mol. The van der Waals surface area contributed by atoms with E-state index in [-0.39, 0.29) is 30.4 Å². The van der Waals surface area contributed by atoms with Crippen molar-refractivity contribution >= 4 is 11.8 Å². The molecule has 4 N–H and O–H groups in total. The highest BCUT2D eigenvalue weighted by molar-refractivity contribution is 5.94. The third-order valence-corrected chi connectivity index (χ3v) is 3.68. The second-order valence-electron chi connectivity index (χ2n) is 5.56. The minimum absolute atomic E-state index is 0.102. The lowest BCUT2D eigenvalue weighted by Gasteiger charge is -2.13. The molecule has 2 unspecified atom stereocenters. The first-order valence-electron chi connectivity index (χ1n) is 7.89. The van der Waals surface area contributed by atoms with Crippen molar-refractivity contribution in [1.82, 2.24) is 10.6 Å². The maximum atomic E-state index is 12.1. The van der Waals surface area contributed by atoms with Crippen molar-refractivity contribution in [3.8, 4) is 0 Å². The largest absolute Gasteiger partial charge is 0.380 e. The summed E-state index contributed by atoms with van der Waals surface area (Å²) in [6.07, 6.45) is 0.826. The minimum Gasteiger partial charge on any atom is -0.380 e. The summed E-state index contributed by atoms with van der Waals surface area (Å²) in [5.74, 6) is -0.230. The SMILES string of the molecule is CCC(C)NC(=O)c1cccc(CNC(=O)CC(CN)OC)c1. The van der Waals surface area contributed by atoms with E-state index in [4.69, 9.17) is 10.5 Å². The van der Waals surface area contributed by atoms with Crippen molar-refractivity contribution in [2.24, 2.45) is 5.73 Å². The van der Waals surface area contributed by atoms with Gasteiger partial charge in [-0.15, -0.1) is 0 Å². The molecular weight excluding hydrogens is 294 g/mol. The third-order valence-electron chi connectivity index (χ3n) is 3.68. The molecular formula is C17H27N3O3. The number of benzene rings is 1. The Bertz CT molecular complexity index is 516. The lowest BCUT2D eigenvalue weighted by Crippen LogP contribution is -2.32. The summed E-state index contributed by atoms with van der Waals surface area (Å²) in [5, 5.41) is 5.73. The smallest absolute Gasteiger partial charge is 0.251 e. The molecule has 0 fully saturated rings. The average molecular weight is 321 g/mol. The molecule has 6 nitrogen and oxygen atoms in total. The molecule has 0 saturated carbocycles. The molecule has 0 aromatic heterocycles. The Morgan fingerprint density at radius 3 is 2.70 bits per heavy atom. The summed E-state index contributed by atoms with van der Waals surface area (Å²) in [4.78, 5) is 23.9. The number of amides is 2. The van der Waals surface area contributed by atoms with Crippen LogP contribution in [0.4, 0.5) is 0 Å². The van der Waals surface area contributed by atoms with E-state index in [0.717, 1.165) is 12.0 Å².